The SMILES string of the molecule is Cc1nccc(-c2nccc(CBr)n2)n1. The van der Waals surface area contributed by atoms with E-state index in [2.05, 4.69) is 35.9 Å². The molecule has 0 aliphatic heterocycles. The average Bonchev–Trinajstić information content (AvgIpc) is 2.29. The minimum absolute atomic E-state index is 0.637. The molecular formula is C10H9BrN4. The van der Waals surface area contributed by atoms with Crippen LogP contribution in [0.4, 0.5) is 0 Å². The van der Waals surface area contributed by atoms with Crippen molar-refractivity contribution in [1.82, 2.24) is 19.9 Å². The lowest BCUT2D eigenvalue weighted by Crippen LogP contribution is -1.96. The summed E-state index contributed by atoms with van der Waals surface area (Å²) >= 11 is 3.36. The molecule has 0 aromatic carbocycles. The first-order valence-corrected chi connectivity index (χ1v) is 5.59. The van der Waals surface area contributed by atoms with Crippen LogP contribution < -0.4 is 0 Å². The average molecular weight is 265 g/mol. The van der Waals surface area contributed by atoms with Crippen LogP contribution >= 0.6 is 15.9 Å². The maximum Gasteiger partial charge on any atom is 0.178 e. The molecule has 0 aliphatic rings. The van der Waals surface area contributed by atoms with Gasteiger partial charge in [-0.3, -0.25) is 0 Å². The van der Waals surface area contributed by atoms with Crippen molar-refractivity contribution in [3.8, 4) is 11.5 Å². The van der Waals surface area contributed by atoms with E-state index in [9.17, 15) is 0 Å². The molecule has 15 heavy (non-hydrogen) atoms. The number of hydrogen-bond acceptors (Lipinski definition) is 4. The van der Waals surface area contributed by atoms with E-state index in [0.717, 1.165) is 17.2 Å². The molecule has 0 amide bonds. The second kappa shape index (κ2) is 4.44. The Morgan fingerprint density at radius 3 is 2.67 bits per heavy atom. The minimum atomic E-state index is 0.637. The van der Waals surface area contributed by atoms with Crippen LogP contribution in [0, 0.1) is 6.92 Å². The molecule has 0 saturated carbocycles. The highest BCUT2D eigenvalue weighted by molar-refractivity contribution is 9.08. The van der Waals surface area contributed by atoms with Crippen molar-refractivity contribution in [2.45, 2.75) is 12.3 Å². The van der Waals surface area contributed by atoms with E-state index >= 15 is 0 Å². The molecule has 0 saturated heterocycles. The van der Waals surface area contributed by atoms with Gasteiger partial charge in [0.25, 0.3) is 0 Å². The smallest absolute Gasteiger partial charge is 0.178 e. The second-order valence-electron chi connectivity index (χ2n) is 2.99. The number of halogens is 1. The quantitative estimate of drug-likeness (QED) is 0.780. The number of aromatic nitrogens is 4. The van der Waals surface area contributed by atoms with Crippen LogP contribution in [0.5, 0.6) is 0 Å². The Balaban J connectivity index is 2.44. The maximum atomic E-state index is 4.35. The van der Waals surface area contributed by atoms with Gasteiger partial charge in [-0.05, 0) is 19.1 Å². The Kier molecular flexibility index (Phi) is 3.01. The number of hydrogen-bond donors (Lipinski definition) is 0. The van der Waals surface area contributed by atoms with Gasteiger partial charge in [-0.25, -0.2) is 19.9 Å². The maximum absolute atomic E-state index is 4.35. The molecular weight excluding hydrogens is 256 g/mol. The molecule has 0 bridgehead atoms. The summed E-state index contributed by atoms with van der Waals surface area (Å²) in [7, 11) is 0. The van der Waals surface area contributed by atoms with Gasteiger partial charge < -0.3 is 0 Å². The van der Waals surface area contributed by atoms with Crippen LogP contribution in [-0.4, -0.2) is 19.9 Å². The van der Waals surface area contributed by atoms with E-state index in [1.54, 1.807) is 18.5 Å². The van der Waals surface area contributed by atoms with Crippen LogP contribution in [0.2, 0.25) is 0 Å². The van der Waals surface area contributed by atoms with Gasteiger partial charge in [-0.1, -0.05) is 15.9 Å². The first-order valence-electron chi connectivity index (χ1n) is 4.47. The summed E-state index contributed by atoms with van der Waals surface area (Å²) in [5, 5.41) is 0.715. The molecule has 0 fully saturated rings. The van der Waals surface area contributed by atoms with Crippen LogP contribution in [0.15, 0.2) is 24.5 Å². The first-order chi connectivity index (χ1) is 7.29. The third kappa shape index (κ3) is 2.36. The molecule has 0 spiro atoms. The molecule has 0 aliphatic carbocycles. The Morgan fingerprint density at radius 2 is 1.93 bits per heavy atom. The van der Waals surface area contributed by atoms with Crippen LogP contribution in [-0.2, 0) is 5.33 Å². The van der Waals surface area contributed by atoms with Gasteiger partial charge in [0, 0.05) is 17.7 Å². The van der Waals surface area contributed by atoms with E-state index in [-0.39, 0.29) is 0 Å². The van der Waals surface area contributed by atoms with Gasteiger partial charge in [0.15, 0.2) is 5.82 Å². The predicted molar refractivity (Wildman–Crippen MR) is 60.4 cm³/mol. The molecule has 2 aromatic rings. The summed E-state index contributed by atoms with van der Waals surface area (Å²) < 4.78 is 0. The zero-order valence-corrected chi connectivity index (χ0v) is 9.77. The molecule has 2 rings (SSSR count). The highest BCUT2D eigenvalue weighted by Crippen LogP contribution is 2.12. The molecule has 2 aromatic heterocycles. The molecule has 5 heteroatoms. The highest BCUT2D eigenvalue weighted by Gasteiger charge is 2.03. The fraction of sp³-hybridized carbons (Fsp3) is 0.200. The van der Waals surface area contributed by atoms with Gasteiger partial charge in [0.1, 0.15) is 11.5 Å². The molecule has 76 valence electrons. The highest BCUT2D eigenvalue weighted by atomic mass is 79.9. The predicted octanol–water partition coefficient (Wildman–Crippen LogP) is 2.14. The lowest BCUT2D eigenvalue weighted by atomic mass is 10.3. The van der Waals surface area contributed by atoms with Gasteiger partial charge in [0.05, 0.1) is 5.69 Å². The van der Waals surface area contributed by atoms with Crippen molar-refractivity contribution in [2.24, 2.45) is 0 Å². The Hall–Kier alpha value is -1.36. The zero-order chi connectivity index (χ0) is 10.7. The Morgan fingerprint density at radius 1 is 1.13 bits per heavy atom. The molecule has 4 nitrogen and oxygen atoms in total. The van der Waals surface area contributed by atoms with Crippen molar-refractivity contribution < 1.29 is 0 Å². The number of alkyl halides is 1. The second-order valence-corrected chi connectivity index (χ2v) is 3.56. The van der Waals surface area contributed by atoms with Crippen molar-refractivity contribution >= 4 is 15.9 Å². The van der Waals surface area contributed by atoms with Crippen molar-refractivity contribution in [3.63, 3.8) is 0 Å². The van der Waals surface area contributed by atoms with Gasteiger partial charge in [0.2, 0.25) is 0 Å². The van der Waals surface area contributed by atoms with E-state index in [1.165, 1.54) is 0 Å². The first kappa shape index (κ1) is 10.2. The Bertz CT molecular complexity index is 472. The molecule has 0 unspecified atom stereocenters. The number of nitrogens with zero attached hydrogens (tertiary/aromatic N) is 4. The van der Waals surface area contributed by atoms with E-state index in [1.807, 2.05) is 13.0 Å². The van der Waals surface area contributed by atoms with Gasteiger partial charge >= 0.3 is 0 Å². The summed E-state index contributed by atoms with van der Waals surface area (Å²) in [6.45, 7) is 1.85. The molecule has 0 radical (unpaired) electrons. The van der Waals surface area contributed by atoms with Crippen molar-refractivity contribution in [3.05, 3.63) is 36.0 Å². The van der Waals surface area contributed by atoms with E-state index < -0.39 is 0 Å². The lowest BCUT2D eigenvalue weighted by molar-refractivity contribution is 1.02. The lowest BCUT2D eigenvalue weighted by Gasteiger charge is -2.01. The summed E-state index contributed by atoms with van der Waals surface area (Å²) in [5.74, 6) is 1.36. The fourth-order valence-corrected chi connectivity index (χ4v) is 1.49. The third-order valence-corrected chi connectivity index (χ3v) is 2.43. The molecule has 0 N–H and O–H groups in total. The number of rotatable bonds is 2. The third-order valence-electron chi connectivity index (χ3n) is 1.86. The zero-order valence-electron chi connectivity index (χ0n) is 8.18. The topological polar surface area (TPSA) is 51.6 Å². The van der Waals surface area contributed by atoms with Crippen LogP contribution in [0.1, 0.15) is 11.5 Å². The largest absolute Gasteiger partial charge is 0.242 e. The summed E-state index contributed by atoms with van der Waals surface area (Å²) in [5.41, 5.74) is 1.70. The summed E-state index contributed by atoms with van der Waals surface area (Å²) in [6, 6.07) is 3.67. The van der Waals surface area contributed by atoms with Crippen molar-refractivity contribution in [2.75, 3.05) is 0 Å². The minimum Gasteiger partial charge on any atom is -0.242 e. The monoisotopic (exact) mass is 264 g/mol. The summed E-state index contributed by atoms with van der Waals surface area (Å²) in [6.07, 6.45) is 3.44. The fourth-order valence-electron chi connectivity index (χ4n) is 1.17. The summed E-state index contributed by atoms with van der Waals surface area (Å²) in [4.78, 5) is 16.8. The van der Waals surface area contributed by atoms with E-state index in [0.29, 0.717) is 11.2 Å². The van der Waals surface area contributed by atoms with Crippen LogP contribution in [0.3, 0.4) is 0 Å². The molecule has 0 atom stereocenters. The van der Waals surface area contributed by atoms with Crippen LogP contribution in [0.25, 0.3) is 11.5 Å². The molecule has 2 heterocycles. The van der Waals surface area contributed by atoms with Gasteiger partial charge in [-0.15, -0.1) is 0 Å². The van der Waals surface area contributed by atoms with Crippen molar-refractivity contribution in [1.29, 1.82) is 0 Å². The number of aryl methyl sites for hydroxylation is 1. The Labute approximate surface area is 96.0 Å². The van der Waals surface area contributed by atoms with E-state index in [4.69, 9.17) is 0 Å². The normalized spacial score (nSPS) is 10.3. The standard InChI is InChI=1S/C10H9BrN4/c1-7-12-5-3-9(14-7)10-13-4-2-8(6-11)15-10/h2-5H,6H2,1H3. The van der Waals surface area contributed by atoms with Gasteiger partial charge in [-0.2, -0.15) is 0 Å².